The van der Waals surface area contributed by atoms with Gasteiger partial charge in [-0.2, -0.15) is 0 Å². The molecule has 1 aromatic rings. The summed E-state index contributed by atoms with van der Waals surface area (Å²) < 4.78 is 7.07. The van der Waals surface area contributed by atoms with Gasteiger partial charge in [0, 0.05) is 24.4 Å². The molecule has 0 saturated carbocycles. The molecule has 6 nitrogen and oxygen atoms in total. The van der Waals surface area contributed by atoms with Gasteiger partial charge in [0.15, 0.2) is 0 Å². The largest absolute Gasteiger partial charge is 0.460 e. The van der Waals surface area contributed by atoms with Crippen LogP contribution in [0.1, 0.15) is 63.7 Å². The van der Waals surface area contributed by atoms with Gasteiger partial charge in [-0.25, -0.2) is 0 Å². The van der Waals surface area contributed by atoms with E-state index >= 15 is 0 Å². The van der Waals surface area contributed by atoms with E-state index in [2.05, 4.69) is 0 Å². The van der Waals surface area contributed by atoms with Crippen molar-refractivity contribution in [3.05, 3.63) is 29.8 Å². The second-order valence-electron chi connectivity index (χ2n) is 8.84. The van der Waals surface area contributed by atoms with Gasteiger partial charge >= 0.3 is 5.97 Å². The van der Waals surface area contributed by atoms with E-state index in [0.717, 1.165) is 24.2 Å². The number of likely N-dealkylation sites (tertiary alicyclic amines) is 1. The van der Waals surface area contributed by atoms with Crippen LogP contribution in [0.25, 0.3) is 0 Å². The molecule has 0 radical (unpaired) electrons. The first-order chi connectivity index (χ1) is 14.2. The highest BCUT2D eigenvalue weighted by molar-refractivity contribution is 8.13. The van der Waals surface area contributed by atoms with Crippen LogP contribution in [0, 0.1) is 5.92 Å². The molecule has 0 aromatic heterocycles. The monoisotopic (exact) mass is 432 g/mol. The zero-order chi connectivity index (χ0) is 21.9. The van der Waals surface area contributed by atoms with Gasteiger partial charge in [0.2, 0.25) is 5.91 Å². The highest BCUT2D eigenvalue weighted by Gasteiger charge is 2.34. The number of esters is 1. The number of benzene rings is 1. The van der Waals surface area contributed by atoms with Crippen molar-refractivity contribution < 1.29 is 19.1 Å². The van der Waals surface area contributed by atoms with E-state index in [1.54, 1.807) is 4.31 Å². The predicted octanol–water partition coefficient (Wildman–Crippen LogP) is 3.87. The van der Waals surface area contributed by atoms with Crippen LogP contribution in [0.15, 0.2) is 29.2 Å². The van der Waals surface area contributed by atoms with Crippen LogP contribution < -0.4 is 0 Å². The first-order valence-corrected chi connectivity index (χ1v) is 11.9. The predicted molar refractivity (Wildman–Crippen MR) is 119 cm³/mol. The summed E-state index contributed by atoms with van der Waals surface area (Å²) in [6.07, 6.45) is 2.99. The SMILES string of the molecule is C/C=S1\c2ccccc2C(=O)N1CC(=O)N1CCC(CCC(=O)OC(C)(C)C)CC1. The number of hydrogen-bond donors (Lipinski definition) is 0. The molecule has 30 heavy (non-hydrogen) atoms. The summed E-state index contributed by atoms with van der Waals surface area (Å²) in [7, 11) is -0.466. The average molecular weight is 433 g/mol. The molecule has 2 aliphatic rings. The maximum absolute atomic E-state index is 12.9. The molecule has 1 fully saturated rings. The fourth-order valence-electron chi connectivity index (χ4n) is 3.97. The summed E-state index contributed by atoms with van der Waals surface area (Å²) in [5.74, 6) is 0.211. The second kappa shape index (κ2) is 9.33. The summed E-state index contributed by atoms with van der Waals surface area (Å²) in [5.41, 5.74) is 0.251. The van der Waals surface area contributed by atoms with Gasteiger partial charge in [0.05, 0.1) is 5.56 Å². The molecule has 1 saturated heterocycles. The summed E-state index contributed by atoms with van der Waals surface area (Å²) in [5, 5.41) is 2.00. The number of fused-ring (bicyclic) bond motifs is 1. The van der Waals surface area contributed by atoms with Crippen LogP contribution >= 0.6 is 10.7 Å². The van der Waals surface area contributed by atoms with Gasteiger partial charge in [-0.05, 0) is 70.4 Å². The molecule has 7 heteroatoms. The van der Waals surface area contributed by atoms with Crippen molar-refractivity contribution >= 4 is 33.8 Å². The number of carbonyl (C=O) groups is 3. The molecule has 2 amide bonds. The highest BCUT2D eigenvalue weighted by Crippen LogP contribution is 2.41. The quantitative estimate of drug-likeness (QED) is 0.523. The van der Waals surface area contributed by atoms with Gasteiger partial charge in [0.25, 0.3) is 5.91 Å². The number of rotatable bonds is 5. The van der Waals surface area contributed by atoms with Gasteiger partial charge in [-0.1, -0.05) is 22.8 Å². The Hall–Kier alpha value is -2.15. The molecule has 0 bridgehead atoms. The standard InChI is InChI=1S/C23H32N2O4S/c1-5-30-19-9-7-6-8-18(19)22(28)25(30)16-20(26)24-14-12-17(13-15-24)10-11-21(27)29-23(2,3)4/h5-9,17H,10-16H2,1-4H3. The van der Waals surface area contributed by atoms with Crippen molar-refractivity contribution in [1.82, 2.24) is 9.21 Å². The lowest BCUT2D eigenvalue weighted by Crippen LogP contribution is -2.43. The number of nitrogens with zero attached hydrogens (tertiary/aromatic N) is 2. The maximum Gasteiger partial charge on any atom is 0.306 e. The van der Waals surface area contributed by atoms with E-state index < -0.39 is 16.3 Å². The fourth-order valence-corrected chi connectivity index (χ4v) is 5.84. The third-order valence-corrected chi connectivity index (χ3v) is 7.48. The molecule has 3 rings (SSSR count). The Morgan fingerprint density at radius 2 is 1.87 bits per heavy atom. The number of amides is 2. The lowest BCUT2D eigenvalue weighted by molar-refractivity contribution is -0.155. The minimum atomic E-state index is -0.466. The van der Waals surface area contributed by atoms with Crippen LogP contribution in [-0.4, -0.2) is 57.6 Å². The van der Waals surface area contributed by atoms with Crippen molar-refractivity contribution in [2.24, 2.45) is 5.92 Å². The lowest BCUT2D eigenvalue weighted by atomic mass is 9.92. The van der Waals surface area contributed by atoms with E-state index in [-0.39, 0.29) is 24.3 Å². The summed E-state index contributed by atoms with van der Waals surface area (Å²) in [6, 6.07) is 7.60. The fraction of sp³-hybridized carbons (Fsp3) is 0.565. The first kappa shape index (κ1) is 22.5. The Morgan fingerprint density at radius 3 is 2.50 bits per heavy atom. The van der Waals surface area contributed by atoms with E-state index in [0.29, 0.717) is 31.0 Å². The summed E-state index contributed by atoms with van der Waals surface area (Å²) in [6.45, 7) is 9.03. The van der Waals surface area contributed by atoms with E-state index in [9.17, 15) is 14.4 Å². The molecule has 1 atom stereocenters. The van der Waals surface area contributed by atoms with Crippen molar-refractivity contribution in [2.45, 2.75) is 63.9 Å². The van der Waals surface area contributed by atoms with Gasteiger partial charge in [-0.15, -0.1) is 0 Å². The Bertz CT molecular complexity index is 851. The normalized spacial score (nSPS) is 19.9. The van der Waals surface area contributed by atoms with Crippen LogP contribution in [0.5, 0.6) is 0 Å². The van der Waals surface area contributed by atoms with E-state index in [1.165, 1.54) is 0 Å². The van der Waals surface area contributed by atoms with Gasteiger partial charge < -0.3 is 9.64 Å². The first-order valence-electron chi connectivity index (χ1n) is 10.6. The van der Waals surface area contributed by atoms with Gasteiger partial charge in [-0.3, -0.25) is 18.7 Å². The Morgan fingerprint density at radius 1 is 1.20 bits per heavy atom. The molecule has 2 aliphatic heterocycles. The van der Waals surface area contributed by atoms with Crippen LogP contribution in [0.3, 0.4) is 0 Å². The Balaban J connectivity index is 1.49. The van der Waals surface area contributed by atoms with Crippen molar-refractivity contribution in [2.75, 3.05) is 19.6 Å². The van der Waals surface area contributed by atoms with Crippen LogP contribution in [-0.2, 0) is 14.3 Å². The number of hydrogen-bond acceptors (Lipinski definition) is 4. The molecule has 1 aromatic carbocycles. The minimum Gasteiger partial charge on any atom is -0.460 e. The smallest absolute Gasteiger partial charge is 0.306 e. The number of carbonyl (C=O) groups excluding carboxylic acids is 3. The number of ether oxygens (including phenoxy) is 1. The summed E-state index contributed by atoms with van der Waals surface area (Å²) >= 11 is 0. The minimum absolute atomic E-state index is 0.00102. The average Bonchev–Trinajstić information content (AvgIpc) is 2.97. The Labute approximate surface area is 181 Å². The maximum atomic E-state index is 12.9. The third kappa shape index (κ3) is 5.31. The zero-order valence-corrected chi connectivity index (χ0v) is 19.2. The molecule has 164 valence electrons. The third-order valence-electron chi connectivity index (χ3n) is 5.45. The molecular formula is C23H32N2O4S. The molecule has 0 spiro atoms. The molecule has 1 unspecified atom stereocenters. The van der Waals surface area contributed by atoms with Crippen LogP contribution in [0.2, 0.25) is 0 Å². The summed E-state index contributed by atoms with van der Waals surface area (Å²) in [4.78, 5) is 40.5. The van der Waals surface area contributed by atoms with Gasteiger partial charge in [0.1, 0.15) is 12.1 Å². The van der Waals surface area contributed by atoms with Crippen molar-refractivity contribution in [3.8, 4) is 0 Å². The lowest BCUT2D eigenvalue weighted by Gasteiger charge is -2.33. The second-order valence-corrected chi connectivity index (χ2v) is 10.8. The van der Waals surface area contributed by atoms with Crippen LogP contribution in [0.4, 0.5) is 0 Å². The number of piperidine rings is 1. The molecule has 2 heterocycles. The molecular weight excluding hydrogens is 400 g/mol. The Kier molecular flexibility index (Phi) is 7.01. The molecule has 0 N–H and O–H groups in total. The topological polar surface area (TPSA) is 66.9 Å². The zero-order valence-electron chi connectivity index (χ0n) is 18.3. The molecule has 0 aliphatic carbocycles. The van der Waals surface area contributed by atoms with E-state index in [1.807, 2.05) is 62.2 Å². The highest BCUT2D eigenvalue weighted by atomic mass is 32.2. The van der Waals surface area contributed by atoms with E-state index in [4.69, 9.17) is 4.74 Å². The van der Waals surface area contributed by atoms with Crippen molar-refractivity contribution in [3.63, 3.8) is 0 Å². The van der Waals surface area contributed by atoms with Crippen molar-refractivity contribution in [1.29, 1.82) is 0 Å².